The number of benzene rings is 2. The van der Waals surface area contributed by atoms with Crippen molar-refractivity contribution in [2.45, 2.75) is 26.2 Å². The van der Waals surface area contributed by atoms with E-state index in [4.69, 9.17) is 17.0 Å². The minimum absolute atomic E-state index is 0.0114. The Labute approximate surface area is 176 Å². The Morgan fingerprint density at radius 1 is 1.10 bits per heavy atom. The van der Waals surface area contributed by atoms with Gasteiger partial charge in [-0.25, -0.2) is 0 Å². The molecule has 0 fully saturated rings. The number of hydrogen-bond acceptors (Lipinski definition) is 4. The Morgan fingerprint density at radius 3 is 2.52 bits per heavy atom. The van der Waals surface area contributed by atoms with E-state index < -0.39 is 0 Å². The van der Waals surface area contributed by atoms with E-state index >= 15 is 0 Å². The van der Waals surface area contributed by atoms with Crippen LogP contribution in [0.5, 0.6) is 5.75 Å². The first-order chi connectivity index (χ1) is 13.9. The molecule has 2 aromatic carbocycles. The fraction of sp³-hybridized carbons (Fsp3) is 0.261. The molecule has 0 atom stereocenters. The van der Waals surface area contributed by atoms with E-state index in [0.717, 1.165) is 11.1 Å². The van der Waals surface area contributed by atoms with Crippen LogP contribution in [0, 0.1) is 0 Å². The molecule has 29 heavy (non-hydrogen) atoms. The highest BCUT2D eigenvalue weighted by atomic mass is 32.1. The van der Waals surface area contributed by atoms with Crippen molar-refractivity contribution in [1.29, 1.82) is 0 Å². The van der Waals surface area contributed by atoms with Gasteiger partial charge < -0.3 is 10.1 Å². The van der Waals surface area contributed by atoms with Crippen molar-refractivity contribution in [1.82, 2.24) is 10.6 Å². The minimum Gasteiger partial charge on any atom is -0.486 e. The second-order valence-corrected chi connectivity index (χ2v) is 7.64. The number of ether oxygens (including phenoxy) is 1. The second kappa shape index (κ2) is 9.47. The van der Waals surface area contributed by atoms with Gasteiger partial charge in [-0.05, 0) is 53.0 Å². The first kappa shape index (κ1) is 20.7. The van der Waals surface area contributed by atoms with Crippen LogP contribution < -0.4 is 15.4 Å². The Balaban J connectivity index is 1.39. The van der Waals surface area contributed by atoms with Crippen LogP contribution >= 0.6 is 12.2 Å². The summed E-state index contributed by atoms with van der Waals surface area (Å²) in [6.45, 7) is 4.16. The van der Waals surface area contributed by atoms with Crippen molar-refractivity contribution >= 4 is 35.1 Å². The summed E-state index contributed by atoms with van der Waals surface area (Å²) in [6.07, 6.45) is 2.43. The zero-order chi connectivity index (χ0) is 20.8. The largest absolute Gasteiger partial charge is 0.486 e. The van der Waals surface area contributed by atoms with Gasteiger partial charge >= 0.3 is 0 Å². The van der Waals surface area contributed by atoms with E-state index in [1.54, 1.807) is 0 Å². The van der Waals surface area contributed by atoms with Crippen LogP contribution in [0.25, 0.3) is 6.08 Å². The molecule has 0 aliphatic heterocycles. The van der Waals surface area contributed by atoms with Crippen LogP contribution in [0.1, 0.15) is 36.5 Å². The molecule has 0 radical (unpaired) electrons. The molecular weight excluding hydrogens is 384 g/mol. The van der Waals surface area contributed by atoms with E-state index in [1.165, 1.54) is 5.56 Å². The van der Waals surface area contributed by atoms with Gasteiger partial charge in [0, 0.05) is 12.0 Å². The molecule has 0 aromatic heterocycles. The fourth-order valence-electron chi connectivity index (χ4n) is 3.00. The molecule has 0 saturated carbocycles. The lowest BCUT2D eigenvalue weighted by Gasteiger charge is -2.11. The van der Waals surface area contributed by atoms with Gasteiger partial charge in [-0.3, -0.25) is 14.9 Å². The predicted molar refractivity (Wildman–Crippen MR) is 118 cm³/mol. The number of ketones is 1. The molecule has 2 N–H and O–H groups in total. The van der Waals surface area contributed by atoms with Crippen LogP contribution in [0.4, 0.5) is 0 Å². The highest BCUT2D eigenvalue weighted by Crippen LogP contribution is 2.24. The molecule has 0 spiro atoms. The van der Waals surface area contributed by atoms with Crippen LogP contribution in [-0.2, 0) is 16.0 Å². The van der Waals surface area contributed by atoms with Gasteiger partial charge in [-0.15, -0.1) is 0 Å². The minimum atomic E-state index is -0.257. The Morgan fingerprint density at radius 2 is 1.83 bits per heavy atom. The van der Waals surface area contributed by atoms with E-state index in [-0.39, 0.29) is 30.0 Å². The average Bonchev–Trinajstić information content (AvgIpc) is 3.15. The molecule has 0 unspecified atom stereocenters. The zero-order valence-corrected chi connectivity index (χ0v) is 17.3. The molecule has 0 bridgehead atoms. The summed E-state index contributed by atoms with van der Waals surface area (Å²) in [6, 6.07) is 15.6. The molecule has 1 aliphatic rings. The van der Waals surface area contributed by atoms with E-state index in [9.17, 15) is 9.59 Å². The predicted octanol–water partition coefficient (Wildman–Crippen LogP) is 3.39. The Kier molecular flexibility index (Phi) is 6.77. The van der Waals surface area contributed by atoms with Crippen LogP contribution in [0.3, 0.4) is 0 Å². The molecule has 1 amide bonds. The first-order valence-electron chi connectivity index (χ1n) is 9.54. The van der Waals surface area contributed by atoms with Gasteiger partial charge in [-0.2, -0.15) is 0 Å². The number of Topliss-reactive ketones (excluding diaryl/α,β-unsaturated/α-hetero) is 1. The lowest BCUT2D eigenvalue weighted by molar-refractivity contribution is -0.120. The molecule has 150 valence electrons. The van der Waals surface area contributed by atoms with E-state index in [1.807, 2.05) is 54.6 Å². The lowest BCUT2D eigenvalue weighted by atomic mass is 10.0. The summed E-state index contributed by atoms with van der Waals surface area (Å²) in [5, 5.41) is 5.51. The molecule has 0 saturated heterocycles. The highest BCUT2D eigenvalue weighted by Gasteiger charge is 2.19. The summed E-state index contributed by atoms with van der Waals surface area (Å²) in [7, 11) is 0. The van der Waals surface area contributed by atoms with E-state index in [2.05, 4.69) is 24.5 Å². The molecule has 3 rings (SSSR count). The summed E-state index contributed by atoms with van der Waals surface area (Å²) in [5.74, 6) is 0.668. The Hall–Kier alpha value is -2.99. The summed E-state index contributed by atoms with van der Waals surface area (Å²) >= 11 is 5.12. The summed E-state index contributed by atoms with van der Waals surface area (Å²) in [5.41, 5.74) is 4.03. The second-order valence-electron chi connectivity index (χ2n) is 7.23. The molecule has 6 heteroatoms. The standard InChI is InChI=1S/C23H24N2O3S/c1-15(2)16-7-9-21(10-8-16)28-14-20(26)13-24-23(29)25-22(27)19-11-17-5-3-4-6-18(17)12-19/h3-11,15H,12-14H2,1-2H3,(H2,24,25,27,29). The van der Waals surface area contributed by atoms with Crippen molar-refractivity contribution in [3.63, 3.8) is 0 Å². The maximum Gasteiger partial charge on any atom is 0.253 e. The number of amides is 1. The maximum atomic E-state index is 12.3. The third-order valence-corrected chi connectivity index (χ3v) is 4.92. The number of thiocarbonyl (C=S) groups is 1. The van der Waals surface area contributed by atoms with E-state index in [0.29, 0.717) is 23.7 Å². The van der Waals surface area contributed by atoms with Gasteiger partial charge in [0.05, 0.1) is 6.54 Å². The summed E-state index contributed by atoms with van der Waals surface area (Å²) in [4.78, 5) is 24.4. The number of fused-ring (bicyclic) bond motifs is 1. The zero-order valence-electron chi connectivity index (χ0n) is 16.5. The molecule has 5 nitrogen and oxygen atoms in total. The molecular formula is C23H24N2O3S. The number of rotatable bonds is 7. The quantitative estimate of drug-likeness (QED) is 0.688. The van der Waals surface area contributed by atoms with Crippen molar-refractivity contribution in [3.05, 3.63) is 70.8 Å². The van der Waals surface area contributed by atoms with Crippen LogP contribution in [0.2, 0.25) is 0 Å². The van der Waals surface area contributed by atoms with Crippen LogP contribution in [-0.4, -0.2) is 30.0 Å². The van der Waals surface area contributed by atoms with Gasteiger partial charge in [0.25, 0.3) is 5.91 Å². The Bertz CT molecular complexity index is 949. The van der Waals surface area contributed by atoms with Gasteiger partial charge in [-0.1, -0.05) is 50.2 Å². The van der Waals surface area contributed by atoms with Gasteiger partial charge in [0.15, 0.2) is 10.9 Å². The SMILES string of the molecule is CC(C)c1ccc(OCC(=O)CNC(=S)NC(=O)C2=Cc3ccccc3C2)cc1. The topological polar surface area (TPSA) is 67.4 Å². The fourth-order valence-corrected chi connectivity index (χ4v) is 3.16. The first-order valence-corrected chi connectivity index (χ1v) is 9.95. The average molecular weight is 409 g/mol. The third kappa shape index (κ3) is 5.74. The monoisotopic (exact) mass is 408 g/mol. The smallest absolute Gasteiger partial charge is 0.253 e. The van der Waals surface area contributed by atoms with Crippen molar-refractivity contribution < 1.29 is 14.3 Å². The van der Waals surface area contributed by atoms with Crippen LogP contribution in [0.15, 0.2) is 54.1 Å². The van der Waals surface area contributed by atoms with Gasteiger partial charge in [0.1, 0.15) is 12.4 Å². The third-order valence-electron chi connectivity index (χ3n) is 4.68. The van der Waals surface area contributed by atoms with Crippen molar-refractivity contribution in [2.75, 3.05) is 13.2 Å². The van der Waals surface area contributed by atoms with Gasteiger partial charge in [0.2, 0.25) is 0 Å². The number of hydrogen-bond donors (Lipinski definition) is 2. The number of carbonyl (C=O) groups excluding carboxylic acids is 2. The molecule has 2 aromatic rings. The highest BCUT2D eigenvalue weighted by molar-refractivity contribution is 7.80. The van der Waals surface area contributed by atoms with Crippen molar-refractivity contribution in [2.24, 2.45) is 0 Å². The number of carbonyl (C=O) groups is 2. The normalized spacial score (nSPS) is 12.2. The maximum absolute atomic E-state index is 12.3. The van der Waals surface area contributed by atoms with Crippen molar-refractivity contribution in [3.8, 4) is 5.75 Å². The lowest BCUT2D eigenvalue weighted by Crippen LogP contribution is -2.42. The molecule has 0 heterocycles. The molecule has 1 aliphatic carbocycles. The summed E-state index contributed by atoms with van der Waals surface area (Å²) < 4.78 is 5.50. The number of nitrogens with one attached hydrogen (secondary N) is 2.